The van der Waals surface area contributed by atoms with Gasteiger partial charge in [-0.05, 0) is 30.0 Å². The van der Waals surface area contributed by atoms with Crippen LogP contribution in [0.15, 0.2) is 24.3 Å². The molecule has 1 aromatic carbocycles. The Kier molecular flexibility index (Phi) is 7.08. The molecule has 0 radical (unpaired) electrons. The molecule has 0 saturated carbocycles. The lowest BCUT2D eigenvalue weighted by Crippen LogP contribution is -2.38. The number of hydrogen-bond acceptors (Lipinski definition) is 3. The zero-order valence-corrected chi connectivity index (χ0v) is 14.4. The van der Waals surface area contributed by atoms with Crippen LogP contribution in [0.3, 0.4) is 0 Å². The Morgan fingerprint density at radius 3 is 2.25 bits per heavy atom. The first-order valence-electron chi connectivity index (χ1n) is 7.68. The molecule has 24 heavy (non-hydrogen) atoms. The zero-order valence-electron chi connectivity index (χ0n) is 14.4. The van der Waals surface area contributed by atoms with Gasteiger partial charge in [-0.25, -0.2) is 0 Å². The second kappa shape index (κ2) is 8.37. The maximum atomic E-state index is 11.9. The van der Waals surface area contributed by atoms with Crippen molar-refractivity contribution in [1.29, 1.82) is 0 Å². The van der Waals surface area contributed by atoms with Crippen LogP contribution in [0, 0.1) is 0 Å². The van der Waals surface area contributed by atoms with Gasteiger partial charge in [0, 0.05) is 6.54 Å². The second-order valence-electron chi connectivity index (χ2n) is 6.49. The fourth-order valence-corrected chi connectivity index (χ4v) is 1.87. The Morgan fingerprint density at radius 2 is 1.75 bits per heavy atom. The molecule has 0 heterocycles. The lowest BCUT2D eigenvalue weighted by Gasteiger charge is -2.20. The van der Waals surface area contributed by atoms with Crippen LogP contribution in [-0.2, 0) is 14.9 Å². The summed E-state index contributed by atoms with van der Waals surface area (Å²) in [5, 5.41) is 2.47. The highest BCUT2D eigenvalue weighted by Gasteiger charge is 2.27. The molecule has 1 rings (SSSR count). The minimum atomic E-state index is -4.36. The predicted molar refractivity (Wildman–Crippen MR) is 85.1 cm³/mol. The number of amides is 1. The maximum absolute atomic E-state index is 11.9. The number of hydrogen-bond donors (Lipinski definition) is 1. The molecule has 136 valence electrons. The molecular formula is C17H24F3NO3. The largest absolute Gasteiger partial charge is 0.481 e. The molecule has 0 spiro atoms. The van der Waals surface area contributed by atoms with Crippen LogP contribution in [-0.4, -0.2) is 37.9 Å². The Labute approximate surface area is 140 Å². The van der Waals surface area contributed by atoms with Crippen molar-refractivity contribution in [2.24, 2.45) is 0 Å². The van der Waals surface area contributed by atoms with E-state index < -0.39 is 24.8 Å². The number of rotatable bonds is 7. The first kappa shape index (κ1) is 20.3. The zero-order chi connectivity index (χ0) is 18.4. The molecule has 0 aromatic heterocycles. The van der Waals surface area contributed by atoms with Gasteiger partial charge in [0.05, 0.1) is 6.61 Å². The molecule has 1 N–H and O–H groups in total. The molecule has 7 heteroatoms. The van der Waals surface area contributed by atoms with Crippen LogP contribution in [0.1, 0.15) is 33.3 Å². The standard InChI is InChI=1S/C17H24F3NO3/c1-12(15(22)21-9-10-23-11-17(18,19)20)24-14-7-5-13(6-8-14)16(2,3)4/h5-8,12H,9-11H2,1-4H3,(H,21,22). The molecule has 1 amide bonds. The van der Waals surface area contributed by atoms with Gasteiger partial charge in [-0.15, -0.1) is 0 Å². The van der Waals surface area contributed by atoms with E-state index in [1.54, 1.807) is 19.1 Å². The van der Waals surface area contributed by atoms with Crippen molar-refractivity contribution < 1.29 is 27.4 Å². The Morgan fingerprint density at radius 1 is 1.17 bits per heavy atom. The third kappa shape index (κ3) is 7.68. The third-order valence-electron chi connectivity index (χ3n) is 3.21. The minimum absolute atomic E-state index is 0.00836. The van der Waals surface area contributed by atoms with Crippen LogP contribution >= 0.6 is 0 Å². The lowest BCUT2D eigenvalue weighted by molar-refractivity contribution is -0.173. The molecule has 0 bridgehead atoms. The van der Waals surface area contributed by atoms with Crippen molar-refractivity contribution in [3.05, 3.63) is 29.8 Å². The van der Waals surface area contributed by atoms with Crippen LogP contribution in [0.5, 0.6) is 5.75 Å². The van der Waals surface area contributed by atoms with Gasteiger partial charge in [-0.1, -0.05) is 32.9 Å². The van der Waals surface area contributed by atoms with E-state index in [1.165, 1.54) is 0 Å². The van der Waals surface area contributed by atoms with E-state index in [2.05, 4.69) is 30.8 Å². The molecule has 1 aromatic rings. The number of ether oxygens (including phenoxy) is 2. The molecule has 0 aliphatic carbocycles. The van der Waals surface area contributed by atoms with Gasteiger partial charge in [0.25, 0.3) is 5.91 Å². The number of nitrogens with one attached hydrogen (secondary N) is 1. The van der Waals surface area contributed by atoms with Crippen molar-refractivity contribution in [3.8, 4) is 5.75 Å². The smallest absolute Gasteiger partial charge is 0.411 e. The third-order valence-corrected chi connectivity index (χ3v) is 3.21. The second-order valence-corrected chi connectivity index (χ2v) is 6.49. The fraction of sp³-hybridized carbons (Fsp3) is 0.588. The van der Waals surface area contributed by atoms with Crippen molar-refractivity contribution in [2.45, 2.75) is 45.4 Å². The summed E-state index contributed by atoms with van der Waals surface area (Å²) >= 11 is 0. The van der Waals surface area contributed by atoms with Gasteiger partial charge in [-0.3, -0.25) is 4.79 Å². The summed E-state index contributed by atoms with van der Waals surface area (Å²) in [5.74, 6) is 0.143. The quantitative estimate of drug-likeness (QED) is 0.769. The highest BCUT2D eigenvalue weighted by atomic mass is 19.4. The topological polar surface area (TPSA) is 47.6 Å². The Bertz CT molecular complexity index is 521. The monoisotopic (exact) mass is 347 g/mol. The SMILES string of the molecule is CC(Oc1ccc(C(C)(C)C)cc1)C(=O)NCCOCC(F)(F)F. The highest BCUT2D eigenvalue weighted by molar-refractivity contribution is 5.80. The molecule has 0 aliphatic rings. The van der Waals surface area contributed by atoms with E-state index in [0.29, 0.717) is 5.75 Å². The summed E-state index contributed by atoms with van der Waals surface area (Å²) in [7, 11) is 0. The summed E-state index contributed by atoms with van der Waals surface area (Å²) in [4.78, 5) is 11.8. The number of halogens is 3. The molecular weight excluding hydrogens is 323 g/mol. The summed E-state index contributed by atoms with van der Waals surface area (Å²) in [6.07, 6.45) is -5.12. The average molecular weight is 347 g/mol. The number of carbonyl (C=O) groups is 1. The van der Waals surface area contributed by atoms with E-state index in [0.717, 1.165) is 5.56 Å². The first-order chi connectivity index (χ1) is 11.0. The predicted octanol–water partition coefficient (Wildman–Crippen LogP) is 3.45. The highest BCUT2D eigenvalue weighted by Crippen LogP contribution is 2.24. The fourth-order valence-electron chi connectivity index (χ4n) is 1.87. The first-order valence-corrected chi connectivity index (χ1v) is 7.68. The van der Waals surface area contributed by atoms with Crippen LogP contribution in [0.4, 0.5) is 13.2 Å². The van der Waals surface area contributed by atoms with E-state index in [-0.39, 0.29) is 18.6 Å². The maximum Gasteiger partial charge on any atom is 0.411 e. The van der Waals surface area contributed by atoms with E-state index in [4.69, 9.17) is 4.74 Å². The van der Waals surface area contributed by atoms with Gasteiger partial charge in [0.2, 0.25) is 0 Å². The Balaban J connectivity index is 2.36. The van der Waals surface area contributed by atoms with E-state index in [1.807, 2.05) is 12.1 Å². The number of carbonyl (C=O) groups excluding carboxylic acids is 1. The van der Waals surface area contributed by atoms with Crippen molar-refractivity contribution in [3.63, 3.8) is 0 Å². The van der Waals surface area contributed by atoms with Gasteiger partial charge in [0.1, 0.15) is 12.4 Å². The summed E-state index contributed by atoms with van der Waals surface area (Å²) in [5.41, 5.74) is 1.17. The lowest BCUT2D eigenvalue weighted by atomic mass is 9.87. The normalized spacial score (nSPS) is 13.5. The van der Waals surface area contributed by atoms with Crippen molar-refractivity contribution in [1.82, 2.24) is 5.32 Å². The molecule has 1 atom stereocenters. The van der Waals surface area contributed by atoms with E-state index >= 15 is 0 Å². The summed E-state index contributed by atoms with van der Waals surface area (Å²) < 4.78 is 45.6. The van der Waals surface area contributed by atoms with Crippen LogP contribution in [0.25, 0.3) is 0 Å². The Hall–Kier alpha value is -1.76. The molecule has 0 saturated heterocycles. The van der Waals surface area contributed by atoms with Crippen molar-refractivity contribution >= 4 is 5.91 Å². The summed E-state index contributed by atoms with van der Waals surface area (Å²) in [6.45, 7) is 6.32. The average Bonchev–Trinajstić information content (AvgIpc) is 2.45. The number of benzene rings is 1. The van der Waals surface area contributed by atoms with Gasteiger partial charge in [-0.2, -0.15) is 13.2 Å². The molecule has 0 aliphatic heterocycles. The summed E-state index contributed by atoms with van der Waals surface area (Å²) in [6, 6.07) is 7.45. The molecule has 0 fully saturated rings. The van der Waals surface area contributed by atoms with E-state index in [9.17, 15) is 18.0 Å². The van der Waals surface area contributed by atoms with Crippen LogP contribution in [0.2, 0.25) is 0 Å². The van der Waals surface area contributed by atoms with Gasteiger partial charge >= 0.3 is 6.18 Å². The van der Waals surface area contributed by atoms with Gasteiger partial charge < -0.3 is 14.8 Å². The molecule has 4 nitrogen and oxygen atoms in total. The number of alkyl halides is 3. The van der Waals surface area contributed by atoms with Crippen LogP contribution < -0.4 is 10.1 Å². The van der Waals surface area contributed by atoms with Gasteiger partial charge in [0.15, 0.2) is 6.10 Å². The molecule has 1 unspecified atom stereocenters. The van der Waals surface area contributed by atoms with Crippen molar-refractivity contribution in [2.75, 3.05) is 19.8 Å². The minimum Gasteiger partial charge on any atom is -0.481 e.